The Bertz CT molecular complexity index is 1220. The average Bonchev–Trinajstić information content (AvgIpc) is 2.71. The largest absolute Gasteiger partial charge is 0.265 e. The van der Waals surface area contributed by atoms with Crippen LogP contribution in [0.4, 0.5) is 0 Å². The molecule has 0 aliphatic heterocycles. The zero-order valence-corrected chi connectivity index (χ0v) is 21.6. The van der Waals surface area contributed by atoms with Crippen LogP contribution in [0.25, 0.3) is 16.8 Å². The molecule has 0 atom stereocenters. The van der Waals surface area contributed by atoms with E-state index in [9.17, 15) is 0 Å². The predicted octanol–water partition coefficient (Wildman–Crippen LogP) is 6.14. The molecule has 0 amide bonds. The molecule has 1 radical (unpaired) electrons. The van der Waals surface area contributed by atoms with Crippen molar-refractivity contribution in [3.05, 3.63) is 94.7 Å². The van der Waals surface area contributed by atoms with Crippen molar-refractivity contribution in [1.82, 2.24) is 0 Å². The Kier molecular flexibility index (Phi) is 5.21. The van der Waals surface area contributed by atoms with Crippen molar-refractivity contribution in [3.8, 4) is 11.3 Å². The van der Waals surface area contributed by atoms with Crippen LogP contribution in [0.2, 0.25) is 0 Å². The number of hydrogen-bond acceptors (Lipinski definition) is 0. The van der Waals surface area contributed by atoms with Gasteiger partial charge in [-0.25, -0.2) is 22.8 Å². The van der Waals surface area contributed by atoms with Crippen LogP contribution in [0, 0.1) is 31.3 Å². The van der Waals surface area contributed by atoms with E-state index in [0.717, 1.165) is 28.0 Å². The summed E-state index contributed by atoms with van der Waals surface area (Å²) in [6.07, 6.45) is 5.51. The van der Waals surface area contributed by atoms with Gasteiger partial charge in [0.2, 0.25) is 5.69 Å². The molecule has 0 N–H and O–H groups in total. The van der Waals surface area contributed by atoms with E-state index >= 15 is 0 Å². The predicted molar refractivity (Wildman–Crippen MR) is 120 cm³/mol. The van der Waals surface area contributed by atoms with Crippen molar-refractivity contribution in [3.63, 3.8) is 0 Å². The molecule has 1 aliphatic rings. The van der Waals surface area contributed by atoms with Crippen molar-refractivity contribution < 1.29 is 41.4 Å². The average molecular weight is 472 g/mol. The van der Waals surface area contributed by atoms with Crippen molar-refractivity contribution in [2.24, 2.45) is 12.5 Å². The molecule has 0 saturated carbocycles. The first-order chi connectivity index (χ1) is 14.8. The van der Waals surface area contributed by atoms with Crippen molar-refractivity contribution in [1.29, 1.82) is 0 Å². The number of pyridine rings is 1. The van der Waals surface area contributed by atoms with Gasteiger partial charge in [0.25, 0.3) is 0 Å². The van der Waals surface area contributed by atoms with Crippen LogP contribution < -0.4 is 4.57 Å². The first-order valence-electron chi connectivity index (χ1n) is 11.6. The summed E-state index contributed by atoms with van der Waals surface area (Å²) in [5.74, 6) is 0. The Labute approximate surface area is 211 Å². The molecular weight excluding hydrogens is 439 g/mol. The van der Waals surface area contributed by atoms with E-state index in [1.54, 1.807) is 12.3 Å². The Morgan fingerprint density at radius 2 is 1.77 bits per heavy atom. The summed E-state index contributed by atoms with van der Waals surface area (Å²) in [6.45, 7) is 9.04. The van der Waals surface area contributed by atoms with Gasteiger partial charge in [-0.3, -0.25) is 11.1 Å². The van der Waals surface area contributed by atoms with Crippen LogP contribution in [0.3, 0.4) is 0 Å². The third-order valence-electron chi connectivity index (χ3n) is 6.70. The molecule has 4 rings (SSSR count). The van der Waals surface area contributed by atoms with Crippen LogP contribution in [0.1, 0.15) is 59.6 Å². The molecule has 2 aromatic carbocycles. The normalized spacial score (nSPS) is 18.2. The van der Waals surface area contributed by atoms with Gasteiger partial charge in [0.05, 0.1) is 0 Å². The summed E-state index contributed by atoms with van der Waals surface area (Å²) in [5.41, 5.74) is 7.90. The first kappa shape index (κ1) is 19.1. The summed E-state index contributed by atoms with van der Waals surface area (Å²) in [4.78, 5) is 0. The van der Waals surface area contributed by atoms with E-state index in [4.69, 9.17) is 4.11 Å². The number of aryl methyl sites for hydroxylation is 3. The second-order valence-electron chi connectivity index (χ2n) is 9.15. The van der Waals surface area contributed by atoms with E-state index in [-0.39, 0.29) is 43.5 Å². The molecule has 0 spiro atoms. The van der Waals surface area contributed by atoms with Gasteiger partial charge >= 0.3 is 0 Å². The zero-order valence-electron chi connectivity index (χ0n) is 21.7. The van der Waals surface area contributed by atoms with Gasteiger partial charge in [-0.1, -0.05) is 44.7 Å². The van der Waals surface area contributed by atoms with Crippen LogP contribution in [-0.4, -0.2) is 0 Å². The smallest absolute Gasteiger partial charge is 0.212 e. The van der Waals surface area contributed by atoms with E-state index < -0.39 is 6.85 Å². The summed E-state index contributed by atoms with van der Waals surface area (Å²) in [5, 5.41) is 0. The number of benzene rings is 2. The molecule has 151 valence electrons. The van der Waals surface area contributed by atoms with Crippen molar-refractivity contribution in [2.75, 3.05) is 0 Å². The summed E-state index contributed by atoms with van der Waals surface area (Å²) in [7, 11) is 1.91. The second-order valence-corrected chi connectivity index (χ2v) is 9.15. The zero-order chi connectivity index (χ0) is 23.5. The molecule has 2 heteroatoms. The quantitative estimate of drug-likeness (QED) is 0.311. The SMILES string of the molecule is [2H]C([2H])([2H])c1ccc(-c2cc3c(cc2C)C(c2[c-]cccc2)=[C-]C(C)(C)C3(C)C)[n+](C)c1.[Y]. The molecule has 3 aromatic rings. The minimum atomic E-state index is -2.12. The Balaban J connectivity index is 0.00000306. The maximum Gasteiger partial charge on any atom is 0.212 e. The topological polar surface area (TPSA) is 3.88 Å². The fourth-order valence-electron chi connectivity index (χ4n) is 4.23. The van der Waals surface area contributed by atoms with Gasteiger partial charge in [0.1, 0.15) is 7.05 Å². The number of fused-ring (bicyclic) bond motifs is 1. The van der Waals surface area contributed by atoms with E-state index in [2.05, 4.69) is 65.0 Å². The maximum atomic E-state index is 7.72. The first-order valence-corrected chi connectivity index (χ1v) is 10.1. The van der Waals surface area contributed by atoms with Gasteiger partial charge in [0, 0.05) is 54.0 Å². The van der Waals surface area contributed by atoms with Crippen molar-refractivity contribution in [2.45, 2.75) is 46.9 Å². The number of nitrogens with zero attached hydrogens (tertiary/aromatic N) is 1. The van der Waals surface area contributed by atoms with Gasteiger partial charge in [0.15, 0.2) is 6.20 Å². The summed E-state index contributed by atoms with van der Waals surface area (Å²) < 4.78 is 25.1. The van der Waals surface area contributed by atoms with Gasteiger partial charge in [-0.05, 0) is 30.8 Å². The number of allylic oxidation sites excluding steroid dienone is 1. The number of aromatic nitrogens is 1. The Morgan fingerprint density at radius 1 is 1.00 bits per heavy atom. The molecule has 0 saturated heterocycles. The van der Waals surface area contributed by atoms with Crippen molar-refractivity contribution >= 4 is 5.57 Å². The Morgan fingerprint density at radius 3 is 2.40 bits per heavy atom. The molecule has 1 aliphatic carbocycles. The molecule has 30 heavy (non-hydrogen) atoms. The molecule has 0 unspecified atom stereocenters. The summed E-state index contributed by atoms with van der Waals surface area (Å²) in [6, 6.07) is 19.6. The van der Waals surface area contributed by atoms with E-state index in [1.807, 2.05) is 35.9 Å². The second kappa shape index (κ2) is 8.17. The summed E-state index contributed by atoms with van der Waals surface area (Å²) >= 11 is 0. The third-order valence-corrected chi connectivity index (χ3v) is 6.70. The minimum Gasteiger partial charge on any atom is -0.265 e. The fraction of sp³-hybridized carbons (Fsp3) is 0.321. The van der Waals surface area contributed by atoms with E-state index in [0.29, 0.717) is 5.56 Å². The molecular formula is C28H30NY-. The number of hydrogen-bond donors (Lipinski definition) is 0. The van der Waals surface area contributed by atoms with E-state index in [1.165, 1.54) is 11.1 Å². The minimum absolute atomic E-state index is 0. The molecule has 1 heterocycles. The molecule has 1 nitrogen and oxygen atoms in total. The van der Waals surface area contributed by atoms with Crippen LogP contribution in [0.15, 0.2) is 54.7 Å². The van der Waals surface area contributed by atoms with Gasteiger partial charge in [-0.15, -0.1) is 12.1 Å². The van der Waals surface area contributed by atoms with Gasteiger partial charge in [-0.2, -0.15) is 17.7 Å². The monoisotopic (exact) mass is 472 g/mol. The maximum absolute atomic E-state index is 7.72. The number of rotatable bonds is 2. The van der Waals surface area contributed by atoms with Gasteiger partial charge < -0.3 is 0 Å². The molecule has 1 aromatic heterocycles. The molecule has 0 bridgehead atoms. The Hall–Kier alpha value is -1.57. The standard InChI is InChI=1S/C28H30N.Y/c1-19-13-14-26(29(7)18-19)22-16-25-23(15-20(22)2)24(21-11-9-8-10-12-21)17-27(3,4)28(25,5)6;/h8-11,13-16,18H,1-7H3;/q-1;/i1D3;. The fourth-order valence-corrected chi connectivity index (χ4v) is 4.23. The van der Waals surface area contributed by atoms with Crippen LogP contribution in [0.5, 0.6) is 0 Å². The third kappa shape index (κ3) is 3.76. The molecule has 0 fully saturated rings. The van der Waals surface area contributed by atoms with Crippen LogP contribution >= 0.6 is 0 Å². The van der Waals surface area contributed by atoms with Crippen LogP contribution in [-0.2, 0) is 45.2 Å².